The van der Waals surface area contributed by atoms with Gasteiger partial charge in [0, 0.05) is 25.8 Å². The minimum Gasteiger partial charge on any atom is -0.457 e. The molecule has 1 atom stereocenters. The van der Waals surface area contributed by atoms with E-state index in [0.29, 0.717) is 0 Å². The first kappa shape index (κ1) is 17.7. The fraction of sp³-hybridized carbons (Fsp3) is 0.261. The van der Waals surface area contributed by atoms with Gasteiger partial charge in [0.2, 0.25) is 0 Å². The third-order valence-electron chi connectivity index (χ3n) is 4.86. The van der Waals surface area contributed by atoms with Gasteiger partial charge in [0.05, 0.1) is 11.7 Å². The Hall–Kier alpha value is -2.69. The summed E-state index contributed by atoms with van der Waals surface area (Å²) in [5.74, 6) is 1.70. The molecule has 27 heavy (non-hydrogen) atoms. The number of aromatic nitrogens is 1. The molecule has 0 radical (unpaired) electrons. The molecule has 1 aliphatic heterocycles. The van der Waals surface area contributed by atoms with Gasteiger partial charge in [-0.3, -0.25) is 9.88 Å². The van der Waals surface area contributed by atoms with Crippen LogP contribution in [0.5, 0.6) is 11.5 Å². The summed E-state index contributed by atoms with van der Waals surface area (Å²) >= 11 is 0. The van der Waals surface area contributed by atoms with Crippen LogP contribution in [-0.2, 0) is 0 Å². The number of pyridine rings is 1. The number of benzene rings is 2. The SMILES string of the molecule is c1ccc(Oc2cccc(C(c3ccccn3)N3CCCNCC3)c2)cc1. The maximum absolute atomic E-state index is 6.07. The summed E-state index contributed by atoms with van der Waals surface area (Å²) in [6.07, 6.45) is 3.02. The Kier molecular flexibility index (Phi) is 5.77. The summed E-state index contributed by atoms with van der Waals surface area (Å²) in [5, 5.41) is 3.49. The highest BCUT2D eigenvalue weighted by Crippen LogP contribution is 2.31. The Morgan fingerprint density at radius 1 is 0.852 bits per heavy atom. The van der Waals surface area contributed by atoms with Crippen molar-refractivity contribution in [1.29, 1.82) is 0 Å². The van der Waals surface area contributed by atoms with E-state index in [1.165, 1.54) is 5.56 Å². The van der Waals surface area contributed by atoms with Crippen LogP contribution in [-0.4, -0.2) is 36.1 Å². The van der Waals surface area contributed by atoms with Gasteiger partial charge in [-0.1, -0.05) is 36.4 Å². The van der Waals surface area contributed by atoms with Gasteiger partial charge in [0.25, 0.3) is 0 Å². The Morgan fingerprint density at radius 2 is 1.70 bits per heavy atom. The van der Waals surface area contributed by atoms with E-state index in [4.69, 9.17) is 4.74 Å². The van der Waals surface area contributed by atoms with Gasteiger partial charge < -0.3 is 10.1 Å². The molecule has 0 saturated carbocycles. The topological polar surface area (TPSA) is 37.4 Å². The lowest BCUT2D eigenvalue weighted by Gasteiger charge is -2.30. The largest absolute Gasteiger partial charge is 0.457 e. The van der Waals surface area contributed by atoms with Crippen molar-refractivity contribution >= 4 is 0 Å². The molecule has 0 spiro atoms. The predicted octanol–water partition coefficient (Wildman–Crippen LogP) is 4.26. The van der Waals surface area contributed by atoms with Crippen LogP contribution in [0.2, 0.25) is 0 Å². The number of nitrogens with one attached hydrogen (secondary N) is 1. The second kappa shape index (κ2) is 8.80. The molecule has 0 bridgehead atoms. The summed E-state index contributed by atoms with van der Waals surface area (Å²) in [6, 6.07) is 24.6. The van der Waals surface area contributed by atoms with E-state index < -0.39 is 0 Å². The van der Waals surface area contributed by atoms with Crippen LogP contribution in [0.4, 0.5) is 0 Å². The summed E-state index contributed by atoms with van der Waals surface area (Å²) in [7, 11) is 0. The smallest absolute Gasteiger partial charge is 0.127 e. The van der Waals surface area contributed by atoms with E-state index in [1.807, 2.05) is 48.7 Å². The molecule has 1 N–H and O–H groups in total. The van der Waals surface area contributed by atoms with Crippen molar-refractivity contribution in [3.63, 3.8) is 0 Å². The summed E-state index contributed by atoms with van der Waals surface area (Å²) in [6.45, 7) is 4.13. The summed E-state index contributed by atoms with van der Waals surface area (Å²) < 4.78 is 6.07. The molecule has 138 valence electrons. The van der Waals surface area contributed by atoms with Crippen molar-refractivity contribution in [2.75, 3.05) is 26.2 Å². The standard InChI is InChI=1S/C23H25N3O/c1-2-9-20(10-3-1)27-21-11-6-8-19(18-21)23(22-12-4-5-14-25-22)26-16-7-13-24-15-17-26/h1-6,8-12,14,18,23-24H,7,13,15-17H2. The maximum Gasteiger partial charge on any atom is 0.127 e. The highest BCUT2D eigenvalue weighted by atomic mass is 16.5. The first-order chi connectivity index (χ1) is 13.4. The fourth-order valence-electron chi connectivity index (χ4n) is 3.60. The van der Waals surface area contributed by atoms with Crippen LogP contribution >= 0.6 is 0 Å². The van der Waals surface area contributed by atoms with Crippen molar-refractivity contribution in [1.82, 2.24) is 15.2 Å². The second-order valence-corrected chi connectivity index (χ2v) is 6.78. The Morgan fingerprint density at radius 3 is 2.56 bits per heavy atom. The third-order valence-corrected chi connectivity index (χ3v) is 4.86. The van der Waals surface area contributed by atoms with Gasteiger partial charge in [0.1, 0.15) is 11.5 Å². The molecule has 4 rings (SSSR count). The zero-order valence-corrected chi connectivity index (χ0v) is 15.4. The highest BCUT2D eigenvalue weighted by Gasteiger charge is 2.24. The molecule has 4 nitrogen and oxygen atoms in total. The normalized spacial score (nSPS) is 16.4. The first-order valence-electron chi connectivity index (χ1n) is 9.59. The monoisotopic (exact) mass is 359 g/mol. The molecule has 0 amide bonds. The van der Waals surface area contributed by atoms with Crippen molar-refractivity contribution in [3.05, 3.63) is 90.3 Å². The van der Waals surface area contributed by atoms with E-state index in [9.17, 15) is 0 Å². The molecule has 4 heteroatoms. The minimum absolute atomic E-state index is 0.130. The zero-order valence-electron chi connectivity index (χ0n) is 15.4. The Bertz CT molecular complexity index is 831. The van der Waals surface area contributed by atoms with Crippen molar-refractivity contribution in [2.45, 2.75) is 12.5 Å². The zero-order chi connectivity index (χ0) is 18.3. The van der Waals surface area contributed by atoms with Crippen molar-refractivity contribution < 1.29 is 4.74 Å². The quantitative estimate of drug-likeness (QED) is 0.739. The molecule has 2 aromatic carbocycles. The summed E-state index contributed by atoms with van der Waals surface area (Å²) in [4.78, 5) is 7.19. The van der Waals surface area contributed by atoms with E-state index in [0.717, 1.165) is 49.8 Å². The van der Waals surface area contributed by atoms with Crippen LogP contribution in [0.1, 0.15) is 23.7 Å². The molecular weight excluding hydrogens is 334 g/mol. The Balaban J connectivity index is 1.66. The minimum atomic E-state index is 0.130. The molecule has 3 aromatic rings. The van der Waals surface area contributed by atoms with Crippen LogP contribution in [0.3, 0.4) is 0 Å². The third kappa shape index (κ3) is 4.54. The van der Waals surface area contributed by atoms with Gasteiger partial charge in [-0.25, -0.2) is 0 Å². The van der Waals surface area contributed by atoms with Gasteiger partial charge in [-0.05, 0) is 54.9 Å². The van der Waals surface area contributed by atoms with Crippen LogP contribution < -0.4 is 10.1 Å². The van der Waals surface area contributed by atoms with Crippen molar-refractivity contribution in [3.8, 4) is 11.5 Å². The van der Waals surface area contributed by atoms with Gasteiger partial charge in [-0.2, -0.15) is 0 Å². The maximum atomic E-state index is 6.07. The predicted molar refractivity (Wildman–Crippen MR) is 108 cm³/mol. The second-order valence-electron chi connectivity index (χ2n) is 6.78. The van der Waals surface area contributed by atoms with E-state index in [1.54, 1.807) is 0 Å². The first-order valence-corrected chi connectivity index (χ1v) is 9.59. The molecule has 1 unspecified atom stereocenters. The molecule has 1 fully saturated rings. The fourth-order valence-corrected chi connectivity index (χ4v) is 3.60. The number of hydrogen-bond acceptors (Lipinski definition) is 4. The van der Waals surface area contributed by atoms with Crippen LogP contribution in [0.25, 0.3) is 0 Å². The van der Waals surface area contributed by atoms with Crippen LogP contribution in [0.15, 0.2) is 79.0 Å². The van der Waals surface area contributed by atoms with E-state index in [-0.39, 0.29) is 6.04 Å². The lowest BCUT2D eigenvalue weighted by Crippen LogP contribution is -2.33. The van der Waals surface area contributed by atoms with E-state index in [2.05, 4.69) is 45.5 Å². The molecule has 2 heterocycles. The van der Waals surface area contributed by atoms with Crippen LogP contribution in [0, 0.1) is 0 Å². The molecule has 1 aliphatic rings. The average molecular weight is 359 g/mol. The lowest BCUT2D eigenvalue weighted by molar-refractivity contribution is 0.237. The number of hydrogen-bond donors (Lipinski definition) is 1. The number of ether oxygens (including phenoxy) is 1. The van der Waals surface area contributed by atoms with Gasteiger partial charge >= 0.3 is 0 Å². The number of nitrogens with zero attached hydrogens (tertiary/aromatic N) is 2. The van der Waals surface area contributed by atoms with Crippen molar-refractivity contribution in [2.24, 2.45) is 0 Å². The lowest BCUT2D eigenvalue weighted by atomic mass is 10.0. The molecule has 1 aromatic heterocycles. The highest BCUT2D eigenvalue weighted by molar-refractivity contribution is 5.37. The number of rotatable bonds is 5. The van der Waals surface area contributed by atoms with Gasteiger partial charge in [0.15, 0.2) is 0 Å². The average Bonchev–Trinajstić information content (AvgIpc) is 3.00. The summed E-state index contributed by atoms with van der Waals surface area (Å²) in [5.41, 5.74) is 2.29. The number of para-hydroxylation sites is 1. The van der Waals surface area contributed by atoms with E-state index >= 15 is 0 Å². The molecular formula is C23H25N3O. The molecule has 0 aliphatic carbocycles. The van der Waals surface area contributed by atoms with Gasteiger partial charge in [-0.15, -0.1) is 0 Å². The Labute approximate surface area is 160 Å². The molecule has 1 saturated heterocycles.